The number of methoxy groups -OCH3 is 1. The minimum atomic E-state index is 0.802. The highest BCUT2D eigenvalue weighted by Gasteiger charge is 2.05. The van der Waals surface area contributed by atoms with E-state index in [1.165, 1.54) is 0 Å². The number of halogens is 2. The molecule has 0 aliphatic rings. The third-order valence-electron chi connectivity index (χ3n) is 1.30. The van der Waals surface area contributed by atoms with E-state index in [4.69, 9.17) is 10.5 Å². The molecule has 0 aromatic heterocycles. The minimum Gasteiger partial charge on any atom is -0.496 e. The fraction of sp³-hybridized carbons (Fsp3) is 0.143. The van der Waals surface area contributed by atoms with E-state index in [0.717, 1.165) is 18.6 Å². The van der Waals surface area contributed by atoms with Crippen molar-refractivity contribution in [3.63, 3.8) is 0 Å². The van der Waals surface area contributed by atoms with E-state index in [1.54, 1.807) is 7.11 Å². The molecule has 0 saturated heterocycles. The number of hydrogen-bond acceptors (Lipinski definition) is 2. The van der Waals surface area contributed by atoms with Crippen molar-refractivity contribution < 1.29 is 4.74 Å². The van der Waals surface area contributed by atoms with Crippen molar-refractivity contribution in [2.45, 2.75) is 0 Å². The quantitative estimate of drug-likeness (QED) is 0.605. The number of ether oxygens (including phenoxy) is 1. The van der Waals surface area contributed by atoms with Gasteiger partial charge in [0.15, 0.2) is 0 Å². The maximum atomic E-state index is 5.68. The molecular formula is C7H7I2NO. The van der Waals surface area contributed by atoms with Crippen molar-refractivity contribution in [2.75, 3.05) is 12.8 Å². The second-order valence-corrected chi connectivity index (χ2v) is 4.14. The number of anilines is 1. The molecule has 1 aromatic rings. The average molecular weight is 375 g/mol. The summed E-state index contributed by atoms with van der Waals surface area (Å²) in [4.78, 5) is 0. The molecular weight excluding hydrogens is 368 g/mol. The van der Waals surface area contributed by atoms with Gasteiger partial charge in [-0.3, -0.25) is 0 Å². The van der Waals surface area contributed by atoms with E-state index in [1.807, 2.05) is 12.1 Å². The predicted octanol–water partition coefficient (Wildman–Crippen LogP) is 2.49. The van der Waals surface area contributed by atoms with Crippen LogP contribution in [0.3, 0.4) is 0 Å². The maximum Gasteiger partial charge on any atom is 0.133 e. The lowest BCUT2D eigenvalue weighted by Crippen LogP contribution is -1.95. The molecule has 0 amide bonds. The van der Waals surface area contributed by atoms with Crippen LogP contribution in [-0.2, 0) is 0 Å². The smallest absolute Gasteiger partial charge is 0.133 e. The van der Waals surface area contributed by atoms with Crippen molar-refractivity contribution in [1.82, 2.24) is 0 Å². The Hall–Kier alpha value is 0.280. The van der Waals surface area contributed by atoms with Gasteiger partial charge in [-0.2, -0.15) is 0 Å². The van der Waals surface area contributed by atoms with Gasteiger partial charge < -0.3 is 10.5 Å². The molecule has 0 aliphatic heterocycles. The van der Waals surface area contributed by atoms with Crippen molar-refractivity contribution in [3.8, 4) is 5.75 Å². The summed E-state index contributed by atoms with van der Waals surface area (Å²) in [5, 5.41) is 0. The summed E-state index contributed by atoms with van der Waals surface area (Å²) >= 11 is 4.42. The second kappa shape index (κ2) is 3.79. The van der Waals surface area contributed by atoms with Crippen molar-refractivity contribution in [2.24, 2.45) is 0 Å². The van der Waals surface area contributed by atoms with E-state index >= 15 is 0 Å². The highest BCUT2D eigenvalue weighted by molar-refractivity contribution is 14.1. The van der Waals surface area contributed by atoms with Gasteiger partial charge in [0.2, 0.25) is 0 Å². The highest BCUT2D eigenvalue weighted by Crippen LogP contribution is 2.29. The van der Waals surface area contributed by atoms with E-state index in [-0.39, 0.29) is 0 Å². The van der Waals surface area contributed by atoms with Gasteiger partial charge in [0.1, 0.15) is 5.75 Å². The number of rotatable bonds is 1. The predicted molar refractivity (Wildman–Crippen MR) is 62.8 cm³/mol. The zero-order valence-electron chi connectivity index (χ0n) is 5.90. The van der Waals surface area contributed by atoms with Crippen LogP contribution < -0.4 is 10.5 Å². The lowest BCUT2D eigenvalue weighted by molar-refractivity contribution is 0.411. The molecule has 0 bridgehead atoms. The fourth-order valence-corrected chi connectivity index (χ4v) is 1.86. The Morgan fingerprint density at radius 3 is 2.45 bits per heavy atom. The zero-order chi connectivity index (χ0) is 8.43. The molecule has 0 radical (unpaired) electrons. The summed E-state index contributed by atoms with van der Waals surface area (Å²) in [6.07, 6.45) is 0. The topological polar surface area (TPSA) is 35.2 Å². The van der Waals surface area contributed by atoms with Crippen LogP contribution in [0.5, 0.6) is 5.75 Å². The standard InChI is InChI=1S/C7H7I2NO/c1-11-5-3-2-4(10)6(8)7(5)9/h2-3H,10H2,1H3. The molecule has 0 saturated carbocycles. The van der Waals surface area contributed by atoms with Crippen molar-refractivity contribution >= 4 is 50.9 Å². The van der Waals surface area contributed by atoms with Crippen LogP contribution in [0.2, 0.25) is 0 Å². The van der Waals surface area contributed by atoms with Gasteiger partial charge >= 0.3 is 0 Å². The number of nitrogen functional groups attached to an aromatic ring is 1. The number of nitrogens with two attached hydrogens (primary N) is 1. The molecule has 0 heterocycles. The first-order valence-corrected chi connectivity index (χ1v) is 5.10. The van der Waals surface area contributed by atoms with E-state index in [9.17, 15) is 0 Å². The lowest BCUT2D eigenvalue weighted by Gasteiger charge is -2.06. The molecule has 2 nitrogen and oxygen atoms in total. The minimum absolute atomic E-state index is 0.802. The maximum absolute atomic E-state index is 5.68. The SMILES string of the molecule is COc1ccc(N)c(I)c1I. The average Bonchev–Trinajstić information content (AvgIpc) is 2.01. The Kier molecular flexibility index (Phi) is 3.23. The van der Waals surface area contributed by atoms with Crippen LogP contribution in [0.15, 0.2) is 12.1 Å². The first-order valence-electron chi connectivity index (χ1n) is 2.94. The molecule has 2 N–H and O–H groups in total. The van der Waals surface area contributed by atoms with Crippen LogP contribution >= 0.6 is 45.2 Å². The normalized spacial score (nSPS) is 9.73. The Balaban J connectivity index is 3.25. The molecule has 11 heavy (non-hydrogen) atoms. The largest absolute Gasteiger partial charge is 0.496 e. The summed E-state index contributed by atoms with van der Waals surface area (Å²) in [6.45, 7) is 0. The molecule has 60 valence electrons. The van der Waals surface area contributed by atoms with Gasteiger partial charge in [0, 0.05) is 5.69 Å². The molecule has 0 spiro atoms. The van der Waals surface area contributed by atoms with Crippen LogP contribution in [0.4, 0.5) is 5.69 Å². The van der Waals surface area contributed by atoms with Crippen molar-refractivity contribution in [3.05, 3.63) is 19.3 Å². The zero-order valence-corrected chi connectivity index (χ0v) is 10.2. The summed E-state index contributed by atoms with van der Waals surface area (Å²) in [7, 11) is 1.66. The van der Waals surface area contributed by atoms with Gasteiger partial charge in [0.05, 0.1) is 14.3 Å². The molecule has 0 atom stereocenters. The van der Waals surface area contributed by atoms with Gasteiger partial charge in [-0.25, -0.2) is 0 Å². The van der Waals surface area contributed by atoms with Crippen LogP contribution in [0, 0.1) is 7.14 Å². The Bertz CT molecular complexity index is 275. The monoisotopic (exact) mass is 375 g/mol. The summed E-state index contributed by atoms with van der Waals surface area (Å²) in [5.74, 6) is 0.879. The van der Waals surface area contributed by atoms with E-state index < -0.39 is 0 Å². The summed E-state index contributed by atoms with van der Waals surface area (Å²) in [5.41, 5.74) is 6.48. The second-order valence-electron chi connectivity index (χ2n) is 1.99. The number of benzene rings is 1. The Morgan fingerprint density at radius 2 is 1.91 bits per heavy atom. The molecule has 1 rings (SSSR count). The Labute approximate surface area is 92.8 Å². The number of hydrogen-bond donors (Lipinski definition) is 1. The van der Waals surface area contributed by atoms with Gasteiger partial charge in [-0.05, 0) is 57.3 Å². The Morgan fingerprint density at radius 1 is 1.27 bits per heavy atom. The van der Waals surface area contributed by atoms with Crippen molar-refractivity contribution in [1.29, 1.82) is 0 Å². The molecule has 0 fully saturated rings. The van der Waals surface area contributed by atoms with Gasteiger partial charge in [-0.1, -0.05) is 0 Å². The van der Waals surface area contributed by atoms with Crippen LogP contribution in [0.1, 0.15) is 0 Å². The van der Waals surface area contributed by atoms with Crippen LogP contribution in [0.25, 0.3) is 0 Å². The first kappa shape index (κ1) is 9.37. The van der Waals surface area contributed by atoms with E-state index in [0.29, 0.717) is 0 Å². The summed E-state index contributed by atoms with van der Waals surface area (Å²) in [6, 6.07) is 3.72. The fourth-order valence-electron chi connectivity index (χ4n) is 0.704. The molecule has 0 unspecified atom stereocenters. The van der Waals surface area contributed by atoms with Gasteiger partial charge in [0.25, 0.3) is 0 Å². The van der Waals surface area contributed by atoms with E-state index in [2.05, 4.69) is 45.2 Å². The molecule has 0 aliphatic carbocycles. The highest BCUT2D eigenvalue weighted by atomic mass is 127. The lowest BCUT2D eigenvalue weighted by atomic mass is 10.3. The third-order valence-corrected chi connectivity index (χ3v) is 4.56. The van der Waals surface area contributed by atoms with Gasteiger partial charge in [-0.15, -0.1) is 0 Å². The molecule has 1 aromatic carbocycles. The summed E-state index contributed by atoms with van der Waals surface area (Å²) < 4.78 is 7.25. The first-order chi connectivity index (χ1) is 5.16. The molecule has 4 heteroatoms. The van der Waals surface area contributed by atoms with Crippen LogP contribution in [-0.4, -0.2) is 7.11 Å². The third kappa shape index (κ3) is 1.90.